The minimum absolute atomic E-state index is 0.237. The normalized spacial score (nSPS) is 12.6. The van der Waals surface area contributed by atoms with Gasteiger partial charge in [0.2, 0.25) is 5.88 Å². The highest BCUT2D eigenvalue weighted by molar-refractivity contribution is 9.08. The molecule has 1 aromatic heterocycles. The maximum absolute atomic E-state index is 12.8. The second-order valence-electron chi connectivity index (χ2n) is 3.28. The summed E-state index contributed by atoms with van der Waals surface area (Å²) in [5, 5.41) is 8.46. The summed E-state index contributed by atoms with van der Waals surface area (Å²) in [7, 11) is 0. The molecular formula is C9H6BrF6NO2. The Hall–Kier alpha value is -1.03. The first-order valence-corrected chi connectivity index (χ1v) is 5.72. The van der Waals surface area contributed by atoms with Crippen LogP contribution in [0.2, 0.25) is 0 Å². The Morgan fingerprint density at radius 2 is 1.79 bits per heavy atom. The molecular weight excluding hydrogens is 348 g/mol. The molecule has 0 saturated carbocycles. The highest BCUT2D eigenvalue weighted by Crippen LogP contribution is 2.41. The minimum Gasteiger partial charge on any atom is -0.392 e. The molecule has 0 spiro atoms. The van der Waals surface area contributed by atoms with Crippen molar-refractivity contribution in [2.45, 2.75) is 24.5 Å². The lowest BCUT2D eigenvalue weighted by Crippen LogP contribution is -2.22. The number of hydrogen-bond acceptors (Lipinski definition) is 3. The molecule has 1 heterocycles. The van der Waals surface area contributed by atoms with E-state index in [-0.39, 0.29) is 5.56 Å². The Kier molecular flexibility index (Phi) is 4.67. The number of aromatic nitrogens is 1. The maximum atomic E-state index is 12.8. The molecule has 19 heavy (non-hydrogen) atoms. The standard InChI is InChI=1S/C9H6BrF6NO2/c10-1-5-4(3-18)2-17-7(19-9(14,15)16)6(5)8(11,12)13/h2,18H,1,3H2. The molecule has 0 atom stereocenters. The molecule has 0 bridgehead atoms. The van der Waals surface area contributed by atoms with Gasteiger partial charge < -0.3 is 9.84 Å². The van der Waals surface area contributed by atoms with Crippen LogP contribution in [0.25, 0.3) is 0 Å². The molecule has 3 nitrogen and oxygen atoms in total. The van der Waals surface area contributed by atoms with Crippen LogP contribution in [0.5, 0.6) is 5.88 Å². The summed E-state index contributed by atoms with van der Waals surface area (Å²) < 4.78 is 77.8. The smallest absolute Gasteiger partial charge is 0.392 e. The molecule has 0 saturated heterocycles. The lowest BCUT2D eigenvalue weighted by molar-refractivity contribution is -0.277. The van der Waals surface area contributed by atoms with Gasteiger partial charge in [-0.15, -0.1) is 13.2 Å². The predicted octanol–water partition coefficient (Wildman–Crippen LogP) is 3.39. The number of aliphatic hydroxyl groups is 1. The van der Waals surface area contributed by atoms with E-state index in [0.29, 0.717) is 6.20 Å². The van der Waals surface area contributed by atoms with Crippen LogP contribution in [0.3, 0.4) is 0 Å². The number of hydrogen-bond donors (Lipinski definition) is 1. The predicted molar refractivity (Wildman–Crippen MR) is 54.5 cm³/mol. The van der Waals surface area contributed by atoms with Crippen LogP contribution in [-0.4, -0.2) is 16.5 Å². The van der Waals surface area contributed by atoms with Gasteiger partial charge in [-0.1, -0.05) is 15.9 Å². The van der Waals surface area contributed by atoms with Crippen LogP contribution in [0.4, 0.5) is 26.3 Å². The van der Waals surface area contributed by atoms with Gasteiger partial charge >= 0.3 is 12.5 Å². The summed E-state index contributed by atoms with van der Waals surface area (Å²) in [6.07, 6.45) is -9.69. The lowest BCUT2D eigenvalue weighted by Gasteiger charge is -2.18. The van der Waals surface area contributed by atoms with E-state index in [1.165, 1.54) is 0 Å². The Morgan fingerprint density at radius 3 is 2.16 bits per heavy atom. The number of rotatable bonds is 3. The minimum atomic E-state index is -5.29. The molecule has 0 amide bonds. The van der Waals surface area contributed by atoms with Gasteiger partial charge in [-0.05, 0) is 5.56 Å². The topological polar surface area (TPSA) is 42.4 Å². The van der Waals surface area contributed by atoms with Crippen LogP contribution >= 0.6 is 15.9 Å². The SMILES string of the molecule is OCc1cnc(OC(F)(F)F)c(C(F)(F)F)c1CBr. The van der Waals surface area contributed by atoms with E-state index in [0.717, 1.165) is 0 Å². The summed E-state index contributed by atoms with van der Waals surface area (Å²) in [6, 6.07) is 0. The Morgan fingerprint density at radius 1 is 1.21 bits per heavy atom. The largest absolute Gasteiger partial charge is 0.574 e. The Bertz CT molecular complexity index is 459. The molecule has 1 rings (SSSR count). The number of pyridine rings is 1. The fourth-order valence-electron chi connectivity index (χ4n) is 1.34. The number of nitrogens with zero attached hydrogens (tertiary/aromatic N) is 1. The lowest BCUT2D eigenvalue weighted by atomic mass is 10.1. The average Bonchev–Trinajstić information content (AvgIpc) is 2.24. The zero-order valence-corrected chi connectivity index (χ0v) is 10.5. The van der Waals surface area contributed by atoms with E-state index < -0.39 is 41.5 Å². The molecule has 1 aromatic rings. The number of ether oxygens (including phenoxy) is 1. The van der Waals surface area contributed by atoms with Gasteiger partial charge in [0, 0.05) is 17.1 Å². The quantitative estimate of drug-likeness (QED) is 0.669. The van der Waals surface area contributed by atoms with E-state index in [1.807, 2.05) is 0 Å². The third-order valence-electron chi connectivity index (χ3n) is 2.04. The van der Waals surface area contributed by atoms with Crippen molar-refractivity contribution in [3.8, 4) is 5.88 Å². The molecule has 0 aliphatic heterocycles. The molecule has 108 valence electrons. The zero-order valence-electron chi connectivity index (χ0n) is 8.94. The molecule has 10 heteroatoms. The maximum Gasteiger partial charge on any atom is 0.574 e. The van der Waals surface area contributed by atoms with Gasteiger partial charge in [0.05, 0.1) is 6.61 Å². The van der Waals surface area contributed by atoms with Crippen molar-refractivity contribution in [1.82, 2.24) is 4.98 Å². The molecule has 1 N–H and O–H groups in total. The zero-order chi connectivity index (χ0) is 14.8. The van der Waals surface area contributed by atoms with Crippen molar-refractivity contribution in [3.63, 3.8) is 0 Å². The molecule has 0 unspecified atom stereocenters. The monoisotopic (exact) mass is 353 g/mol. The van der Waals surface area contributed by atoms with E-state index in [4.69, 9.17) is 5.11 Å². The highest BCUT2D eigenvalue weighted by atomic mass is 79.9. The first kappa shape index (κ1) is 16.0. The Balaban J connectivity index is 3.48. The highest BCUT2D eigenvalue weighted by Gasteiger charge is 2.42. The number of alkyl halides is 7. The third-order valence-corrected chi connectivity index (χ3v) is 2.60. The van der Waals surface area contributed by atoms with Crippen LogP contribution in [0, 0.1) is 0 Å². The van der Waals surface area contributed by atoms with Crippen LogP contribution in [0.15, 0.2) is 6.20 Å². The fraction of sp³-hybridized carbons (Fsp3) is 0.444. The van der Waals surface area contributed by atoms with E-state index >= 15 is 0 Å². The second kappa shape index (κ2) is 5.53. The van der Waals surface area contributed by atoms with Crippen molar-refractivity contribution in [3.05, 3.63) is 22.9 Å². The van der Waals surface area contributed by atoms with Crippen molar-refractivity contribution in [1.29, 1.82) is 0 Å². The summed E-state index contributed by atoms with van der Waals surface area (Å²) >= 11 is 2.73. The van der Waals surface area contributed by atoms with Crippen molar-refractivity contribution in [2.24, 2.45) is 0 Å². The Labute approximate surface area is 111 Å². The molecule has 0 radical (unpaired) electrons. The van der Waals surface area contributed by atoms with E-state index in [1.54, 1.807) is 0 Å². The van der Waals surface area contributed by atoms with Gasteiger partial charge in [0.15, 0.2) is 0 Å². The summed E-state index contributed by atoms with van der Waals surface area (Å²) in [6.45, 7) is -0.788. The summed E-state index contributed by atoms with van der Waals surface area (Å²) in [5.74, 6) is -1.59. The van der Waals surface area contributed by atoms with Gasteiger partial charge in [-0.25, -0.2) is 4.98 Å². The summed E-state index contributed by atoms with van der Waals surface area (Å²) in [4.78, 5) is 2.97. The van der Waals surface area contributed by atoms with Crippen LogP contribution < -0.4 is 4.74 Å². The van der Waals surface area contributed by atoms with E-state index in [2.05, 4.69) is 25.7 Å². The molecule has 0 fully saturated rings. The molecule has 0 aromatic carbocycles. The van der Waals surface area contributed by atoms with Gasteiger partial charge in [0.1, 0.15) is 5.56 Å². The fourth-order valence-corrected chi connectivity index (χ4v) is 1.98. The van der Waals surface area contributed by atoms with Gasteiger partial charge in [-0.2, -0.15) is 13.2 Å². The number of halogens is 7. The van der Waals surface area contributed by atoms with Crippen molar-refractivity contribution in [2.75, 3.05) is 0 Å². The first-order valence-electron chi connectivity index (χ1n) is 4.60. The summed E-state index contributed by atoms with van der Waals surface area (Å²) in [5.41, 5.74) is -2.45. The first-order chi connectivity index (χ1) is 8.60. The average molecular weight is 354 g/mol. The van der Waals surface area contributed by atoms with Gasteiger partial charge in [-0.3, -0.25) is 0 Å². The molecule has 0 aliphatic carbocycles. The van der Waals surface area contributed by atoms with Crippen LogP contribution in [0.1, 0.15) is 16.7 Å². The van der Waals surface area contributed by atoms with Gasteiger partial charge in [0.25, 0.3) is 0 Å². The van der Waals surface area contributed by atoms with Crippen molar-refractivity contribution >= 4 is 15.9 Å². The van der Waals surface area contributed by atoms with E-state index in [9.17, 15) is 26.3 Å². The molecule has 0 aliphatic rings. The second-order valence-corrected chi connectivity index (χ2v) is 3.84. The van der Waals surface area contributed by atoms with Crippen LogP contribution in [-0.2, 0) is 18.1 Å². The third kappa shape index (κ3) is 3.96. The number of aliphatic hydroxyl groups excluding tert-OH is 1. The van der Waals surface area contributed by atoms with Crippen molar-refractivity contribution < 1.29 is 36.2 Å².